The van der Waals surface area contributed by atoms with Gasteiger partial charge in [-0.25, -0.2) is 14.1 Å². The van der Waals surface area contributed by atoms with Gasteiger partial charge >= 0.3 is 0 Å². The van der Waals surface area contributed by atoms with Crippen molar-refractivity contribution in [1.29, 1.82) is 0 Å². The van der Waals surface area contributed by atoms with E-state index in [1.807, 2.05) is 10.9 Å². The summed E-state index contributed by atoms with van der Waals surface area (Å²) in [6.07, 6.45) is 3.79. The highest BCUT2D eigenvalue weighted by Crippen LogP contribution is 2.31. The molecule has 0 saturated carbocycles. The number of fused-ring (bicyclic) bond motifs is 1. The minimum absolute atomic E-state index is 0.283. The van der Waals surface area contributed by atoms with Crippen molar-refractivity contribution in [3.8, 4) is 11.3 Å². The Morgan fingerprint density at radius 1 is 1.00 bits per heavy atom. The van der Waals surface area contributed by atoms with E-state index in [1.165, 1.54) is 40.2 Å². The van der Waals surface area contributed by atoms with Gasteiger partial charge in [0.05, 0.1) is 17.6 Å². The second-order valence-electron chi connectivity index (χ2n) is 8.49. The maximum absolute atomic E-state index is 13.4. The maximum atomic E-state index is 13.4. The highest BCUT2D eigenvalue weighted by atomic mass is 32.1. The maximum Gasteiger partial charge on any atom is 0.211 e. The van der Waals surface area contributed by atoms with Gasteiger partial charge in [-0.15, -0.1) is 11.3 Å². The van der Waals surface area contributed by atoms with Crippen molar-refractivity contribution in [1.82, 2.24) is 4.68 Å². The molecule has 1 aromatic heterocycles. The van der Waals surface area contributed by atoms with Crippen LogP contribution in [0.4, 0.5) is 15.8 Å². The molecule has 170 valence electrons. The lowest BCUT2D eigenvalue weighted by atomic mass is 9.99. The van der Waals surface area contributed by atoms with Crippen molar-refractivity contribution in [2.45, 2.75) is 26.7 Å². The van der Waals surface area contributed by atoms with Crippen molar-refractivity contribution in [3.05, 3.63) is 111 Å². The van der Waals surface area contributed by atoms with E-state index in [2.05, 4.69) is 67.5 Å². The molecular weight excluding hydrogens is 443 g/mol. The van der Waals surface area contributed by atoms with Gasteiger partial charge in [-0.2, -0.15) is 5.10 Å². The number of rotatable bonds is 4. The zero-order chi connectivity index (χ0) is 23.7. The van der Waals surface area contributed by atoms with Gasteiger partial charge in [-0.1, -0.05) is 36.9 Å². The smallest absolute Gasteiger partial charge is 0.211 e. The van der Waals surface area contributed by atoms with Crippen LogP contribution in [-0.4, -0.2) is 10.9 Å². The van der Waals surface area contributed by atoms with Crippen molar-refractivity contribution in [2.24, 2.45) is 10.1 Å². The van der Waals surface area contributed by atoms with E-state index in [9.17, 15) is 4.39 Å². The Bertz CT molecular complexity index is 1480. The topological polar surface area (TPSA) is 41.7 Å². The van der Waals surface area contributed by atoms with Crippen molar-refractivity contribution in [2.75, 3.05) is 5.32 Å². The Morgan fingerprint density at radius 2 is 1.82 bits per heavy atom. The van der Waals surface area contributed by atoms with Crippen LogP contribution in [0.15, 0.2) is 88.4 Å². The minimum atomic E-state index is -0.283. The summed E-state index contributed by atoms with van der Waals surface area (Å²) in [5, 5.41) is 10.3. The molecule has 34 heavy (non-hydrogen) atoms. The molecule has 0 atom stereocenters. The summed E-state index contributed by atoms with van der Waals surface area (Å²) in [6.45, 7) is 8.28. The first-order chi connectivity index (χ1) is 16.5. The Balaban J connectivity index is 1.62. The summed E-state index contributed by atoms with van der Waals surface area (Å²) >= 11 is 1.50. The van der Waals surface area contributed by atoms with Gasteiger partial charge in [0, 0.05) is 22.3 Å². The van der Waals surface area contributed by atoms with Crippen LogP contribution in [0.3, 0.4) is 0 Å². The van der Waals surface area contributed by atoms with Gasteiger partial charge in [-0.05, 0) is 79.3 Å². The molecular formula is C28H25FN4S. The molecule has 0 fully saturated rings. The van der Waals surface area contributed by atoms with Gasteiger partial charge < -0.3 is 5.32 Å². The number of nitrogens with one attached hydrogen (secondary N) is 1. The second kappa shape index (κ2) is 9.23. The van der Waals surface area contributed by atoms with Crippen LogP contribution in [0.25, 0.3) is 11.3 Å². The lowest BCUT2D eigenvalue weighted by Crippen LogP contribution is -2.12. The minimum Gasteiger partial charge on any atom is -0.359 e. The number of nitrogens with zero attached hydrogens (tertiary/aromatic N) is 3. The highest BCUT2D eigenvalue weighted by Gasteiger charge is 2.14. The van der Waals surface area contributed by atoms with E-state index in [0.717, 1.165) is 41.0 Å². The Labute approximate surface area is 202 Å². The number of thiazole rings is 1. The third-order valence-electron chi connectivity index (χ3n) is 6.00. The predicted octanol–water partition coefficient (Wildman–Crippen LogP) is 6.96. The third kappa shape index (κ3) is 4.63. The normalized spacial score (nSPS) is 13.9. The van der Waals surface area contributed by atoms with Crippen LogP contribution in [0.2, 0.25) is 0 Å². The summed E-state index contributed by atoms with van der Waals surface area (Å²) in [7, 11) is 0. The van der Waals surface area contributed by atoms with E-state index < -0.39 is 0 Å². The average molecular weight is 469 g/mol. The number of halogens is 1. The van der Waals surface area contributed by atoms with Gasteiger partial charge in [0.25, 0.3) is 0 Å². The predicted molar refractivity (Wildman–Crippen MR) is 139 cm³/mol. The molecule has 0 radical (unpaired) electrons. The van der Waals surface area contributed by atoms with Gasteiger partial charge in [0.15, 0.2) is 0 Å². The van der Waals surface area contributed by atoms with Crippen molar-refractivity contribution < 1.29 is 4.39 Å². The Morgan fingerprint density at radius 3 is 2.62 bits per heavy atom. The van der Waals surface area contributed by atoms with E-state index in [1.54, 1.807) is 12.1 Å². The number of anilines is 1. The molecule has 3 aromatic carbocycles. The summed E-state index contributed by atoms with van der Waals surface area (Å²) in [5.41, 5.74) is 9.53. The molecule has 4 aromatic rings. The number of aromatic nitrogens is 1. The molecule has 6 heteroatoms. The Kier molecular flexibility index (Phi) is 5.99. The second-order valence-corrected chi connectivity index (χ2v) is 9.33. The van der Waals surface area contributed by atoms with Crippen LogP contribution in [0.1, 0.15) is 28.7 Å². The standard InChI is InChI=1S/C28H25FN4S/c1-18-4-6-21(14-19(18)2)16-30-33-27(17-34-28(33)32-25-12-10-24(29)11-13-25)23-9-8-22-7-5-20(3)31-26(22)15-23/h4,6,8-17,31H,3,5,7H2,1-2H3/b30-16+,32-28?. The Hall–Kier alpha value is -3.77. The molecule has 0 saturated heterocycles. The molecule has 1 aliphatic heterocycles. The third-order valence-corrected chi connectivity index (χ3v) is 6.82. The monoisotopic (exact) mass is 468 g/mol. The first kappa shape index (κ1) is 22.0. The van der Waals surface area contributed by atoms with Crippen LogP contribution in [-0.2, 0) is 6.42 Å². The summed E-state index contributed by atoms with van der Waals surface area (Å²) < 4.78 is 15.2. The van der Waals surface area contributed by atoms with Gasteiger partial charge in [-0.3, -0.25) is 0 Å². The number of benzene rings is 3. The van der Waals surface area contributed by atoms with E-state index in [0.29, 0.717) is 10.5 Å². The molecule has 0 aliphatic carbocycles. The quantitative estimate of drug-likeness (QED) is 0.323. The van der Waals surface area contributed by atoms with Gasteiger partial charge in [0.2, 0.25) is 4.80 Å². The SMILES string of the molecule is C=C1CCc2ccc(-c3csc(=Nc4ccc(F)cc4)n3/N=C/c3ccc(C)c(C)c3)cc2N1. The largest absolute Gasteiger partial charge is 0.359 e. The first-order valence-corrected chi connectivity index (χ1v) is 12.0. The fraction of sp³-hybridized carbons (Fsp3) is 0.143. The molecule has 0 bridgehead atoms. The first-order valence-electron chi connectivity index (χ1n) is 11.2. The molecule has 0 spiro atoms. The molecule has 0 amide bonds. The van der Waals surface area contributed by atoms with Crippen LogP contribution in [0, 0.1) is 19.7 Å². The average Bonchev–Trinajstić information content (AvgIpc) is 3.23. The molecule has 1 aliphatic rings. The lowest BCUT2D eigenvalue weighted by molar-refractivity contribution is 0.628. The molecule has 1 N–H and O–H groups in total. The molecule has 0 unspecified atom stereocenters. The van der Waals surface area contributed by atoms with E-state index in [-0.39, 0.29) is 5.82 Å². The summed E-state index contributed by atoms with van der Waals surface area (Å²) in [4.78, 5) is 5.45. The molecule has 4 nitrogen and oxygen atoms in total. The van der Waals surface area contributed by atoms with E-state index in [4.69, 9.17) is 10.1 Å². The molecule has 2 heterocycles. The fourth-order valence-electron chi connectivity index (χ4n) is 3.89. The van der Waals surface area contributed by atoms with Crippen molar-refractivity contribution >= 4 is 28.9 Å². The summed E-state index contributed by atoms with van der Waals surface area (Å²) in [6, 6.07) is 18.9. The zero-order valence-electron chi connectivity index (χ0n) is 19.2. The molecule has 5 rings (SSSR count). The number of hydrogen-bond donors (Lipinski definition) is 1. The van der Waals surface area contributed by atoms with Crippen LogP contribution in [0.5, 0.6) is 0 Å². The van der Waals surface area contributed by atoms with Crippen molar-refractivity contribution in [3.63, 3.8) is 0 Å². The fourth-order valence-corrected chi connectivity index (χ4v) is 4.75. The number of allylic oxidation sites excluding steroid dienone is 1. The number of aryl methyl sites for hydroxylation is 3. The van der Waals surface area contributed by atoms with Crippen LogP contribution >= 0.6 is 11.3 Å². The van der Waals surface area contributed by atoms with Gasteiger partial charge in [0.1, 0.15) is 5.82 Å². The lowest BCUT2D eigenvalue weighted by Gasteiger charge is -2.20. The highest BCUT2D eigenvalue weighted by molar-refractivity contribution is 7.07. The zero-order valence-corrected chi connectivity index (χ0v) is 20.0. The summed E-state index contributed by atoms with van der Waals surface area (Å²) in [5.74, 6) is -0.283. The van der Waals surface area contributed by atoms with E-state index >= 15 is 0 Å². The number of hydrogen-bond acceptors (Lipinski definition) is 4. The van der Waals surface area contributed by atoms with Crippen LogP contribution < -0.4 is 10.1 Å².